The second-order valence-electron chi connectivity index (χ2n) is 4.38. The number of carbonyl (C=O) groups is 2. The van der Waals surface area contributed by atoms with E-state index in [1.165, 1.54) is 24.3 Å². The molecule has 1 amide bonds. The Morgan fingerprint density at radius 1 is 1.17 bits per heavy atom. The van der Waals surface area contributed by atoms with E-state index in [0.717, 1.165) is 0 Å². The number of aromatic amines is 1. The Labute approximate surface area is 129 Å². The van der Waals surface area contributed by atoms with Crippen molar-refractivity contribution < 1.29 is 14.3 Å². The normalized spacial score (nSPS) is 10.3. The number of methoxy groups -OCH3 is 1. The molecule has 0 aliphatic rings. The molecule has 3 aromatic rings. The van der Waals surface area contributed by atoms with Gasteiger partial charge >= 0.3 is 5.97 Å². The van der Waals surface area contributed by atoms with Crippen molar-refractivity contribution >= 4 is 17.6 Å². The summed E-state index contributed by atoms with van der Waals surface area (Å²) < 4.78 is 6.06. The molecule has 2 aromatic heterocycles. The Bertz CT molecular complexity index is 824. The number of esters is 1. The van der Waals surface area contributed by atoms with Crippen molar-refractivity contribution in [3.05, 3.63) is 48.3 Å². The number of rotatable bonds is 4. The number of H-pyrrole nitrogens is 1. The number of nitrogens with zero attached hydrogens (tertiary/aromatic N) is 5. The summed E-state index contributed by atoms with van der Waals surface area (Å²) in [5.41, 5.74) is 0.893. The molecule has 2 N–H and O–H groups in total. The van der Waals surface area contributed by atoms with Crippen LogP contribution in [-0.4, -0.2) is 48.9 Å². The molecule has 1 aromatic carbocycles. The number of hydrogen-bond donors (Lipinski definition) is 2. The molecular weight excluding hydrogens is 302 g/mol. The molecule has 0 aliphatic carbocycles. The first-order chi connectivity index (χ1) is 11.2. The molecule has 10 heteroatoms. The average Bonchev–Trinajstić information content (AvgIpc) is 3.25. The van der Waals surface area contributed by atoms with Gasteiger partial charge < -0.3 is 10.1 Å². The Morgan fingerprint density at radius 2 is 1.87 bits per heavy atom. The number of amides is 1. The molecule has 3 rings (SSSR count). The van der Waals surface area contributed by atoms with Crippen LogP contribution in [0.4, 0.5) is 5.69 Å². The molecule has 0 aliphatic heterocycles. The van der Waals surface area contributed by atoms with E-state index in [0.29, 0.717) is 11.3 Å². The fourth-order valence-corrected chi connectivity index (χ4v) is 1.77. The van der Waals surface area contributed by atoms with E-state index < -0.39 is 11.9 Å². The van der Waals surface area contributed by atoms with Crippen molar-refractivity contribution in [3.63, 3.8) is 0 Å². The molecule has 23 heavy (non-hydrogen) atoms. The topological polar surface area (TPSA) is 128 Å². The van der Waals surface area contributed by atoms with Crippen molar-refractivity contribution in [2.45, 2.75) is 0 Å². The summed E-state index contributed by atoms with van der Waals surface area (Å²) in [5.74, 6) is -0.633. The van der Waals surface area contributed by atoms with Crippen LogP contribution in [0.2, 0.25) is 0 Å². The first-order valence-corrected chi connectivity index (χ1v) is 6.44. The minimum Gasteiger partial charge on any atom is -0.465 e. The van der Waals surface area contributed by atoms with Crippen molar-refractivity contribution in [1.82, 2.24) is 29.9 Å². The highest BCUT2D eigenvalue weighted by molar-refractivity contribution is 6.01. The zero-order chi connectivity index (χ0) is 16.2. The van der Waals surface area contributed by atoms with Gasteiger partial charge in [-0.1, -0.05) is 0 Å². The highest BCUT2D eigenvalue weighted by Crippen LogP contribution is 2.11. The zero-order valence-corrected chi connectivity index (χ0v) is 11.9. The van der Waals surface area contributed by atoms with E-state index in [1.807, 2.05) is 0 Å². The SMILES string of the molecule is COC(=O)c1ccc(NC(=O)c2nc(-n3cnnc3)n[nH]2)cc1. The Kier molecular flexibility index (Phi) is 3.78. The molecule has 0 saturated carbocycles. The summed E-state index contributed by atoms with van der Waals surface area (Å²) in [6, 6.07) is 6.26. The van der Waals surface area contributed by atoms with Gasteiger partial charge in [0.1, 0.15) is 12.7 Å². The van der Waals surface area contributed by atoms with E-state index in [-0.39, 0.29) is 11.8 Å². The lowest BCUT2D eigenvalue weighted by atomic mass is 10.2. The number of carbonyl (C=O) groups excluding carboxylic acids is 2. The molecule has 10 nitrogen and oxygen atoms in total. The minimum absolute atomic E-state index is 0.0331. The predicted molar refractivity (Wildman–Crippen MR) is 77.0 cm³/mol. The van der Waals surface area contributed by atoms with Gasteiger partial charge in [-0.15, -0.1) is 15.3 Å². The summed E-state index contributed by atoms with van der Waals surface area (Å²) in [4.78, 5) is 27.5. The van der Waals surface area contributed by atoms with Gasteiger partial charge in [0.25, 0.3) is 11.9 Å². The third-order valence-electron chi connectivity index (χ3n) is 2.90. The van der Waals surface area contributed by atoms with Gasteiger partial charge in [0, 0.05) is 5.69 Å². The largest absolute Gasteiger partial charge is 0.465 e. The lowest BCUT2D eigenvalue weighted by Crippen LogP contribution is -2.14. The molecule has 0 unspecified atom stereocenters. The van der Waals surface area contributed by atoms with Gasteiger partial charge in [-0.2, -0.15) is 4.98 Å². The van der Waals surface area contributed by atoms with Crippen LogP contribution in [0.15, 0.2) is 36.9 Å². The van der Waals surface area contributed by atoms with Crippen molar-refractivity contribution in [2.75, 3.05) is 12.4 Å². The molecule has 0 bridgehead atoms. The molecule has 116 valence electrons. The summed E-state index contributed by atoms with van der Waals surface area (Å²) in [6.45, 7) is 0. The number of benzene rings is 1. The Hall–Kier alpha value is -3.56. The monoisotopic (exact) mass is 313 g/mol. The van der Waals surface area contributed by atoms with Crippen LogP contribution in [-0.2, 0) is 4.74 Å². The third-order valence-corrected chi connectivity index (χ3v) is 2.90. The predicted octanol–water partition coefficient (Wildman–Crippen LogP) is 0.424. The lowest BCUT2D eigenvalue weighted by molar-refractivity contribution is 0.0600. The number of hydrogen-bond acceptors (Lipinski definition) is 7. The van der Waals surface area contributed by atoms with Crippen molar-refractivity contribution in [2.24, 2.45) is 0 Å². The second kappa shape index (κ2) is 6.05. The van der Waals surface area contributed by atoms with Crippen LogP contribution in [0.25, 0.3) is 5.95 Å². The fourth-order valence-electron chi connectivity index (χ4n) is 1.77. The van der Waals surface area contributed by atoms with Gasteiger partial charge in [-0.3, -0.25) is 14.5 Å². The molecular formula is C13H11N7O3. The van der Waals surface area contributed by atoms with Crippen LogP contribution < -0.4 is 5.32 Å². The summed E-state index contributed by atoms with van der Waals surface area (Å²) >= 11 is 0. The van der Waals surface area contributed by atoms with Gasteiger partial charge in [0.05, 0.1) is 12.7 Å². The fraction of sp³-hybridized carbons (Fsp3) is 0.0769. The van der Waals surface area contributed by atoms with Crippen LogP contribution >= 0.6 is 0 Å². The smallest absolute Gasteiger partial charge is 0.337 e. The van der Waals surface area contributed by atoms with E-state index in [4.69, 9.17) is 0 Å². The van der Waals surface area contributed by atoms with Gasteiger partial charge in [0.2, 0.25) is 5.82 Å². The van der Waals surface area contributed by atoms with Crippen LogP contribution in [0.1, 0.15) is 21.0 Å². The van der Waals surface area contributed by atoms with E-state index in [2.05, 4.69) is 35.4 Å². The van der Waals surface area contributed by atoms with Crippen molar-refractivity contribution in [3.8, 4) is 5.95 Å². The molecule has 0 radical (unpaired) electrons. The quantitative estimate of drug-likeness (QED) is 0.668. The maximum absolute atomic E-state index is 12.1. The molecule has 0 fully saturated rings. The zero-order valence-electron chi connectivity index (χ0n) is 11.9. The minimum atomic E-state index is -0.470. The maximum Gasteiger partial charge on any atom is 0.337 e. The van der Waals surface area contributed by atoms with Crippen molar-refractivity contribution in [1.29, 1.82) is 0 Å². The highest BCUT2D eigenvalue weighted by atomic mass is 16.5. The average molecular weight is 313 g/mol. The van der Waals surface area contributed by atoms with E-state index >= 15 is 0 Å². The number of nitrogens with one attached hydrogen (secondary N) is 2. The van der Waals surface area contributed by atoms with Crippen LogP contribution in [0.3, 0.4) is 0 Å². The molecule has 0 saturated heterocycles. The van der Waals surface area contributed by atoms with E-state index in [9.17, 15) is 9.59 Å². The van der Waals surface area contributed by atoms with Crippen LogP contribution in [0, 0.1) is 0 Å². The first kappa shape index (κ1) is 14.4. The molecule has 2 heterocycles. The summed E-state index contributed by atoms with van der Waals surface area (Å²) in [7, 11) is 1.30. The summed E-state index contributed by atoms with van der Waals surface area (Å²) in [5, 5.41) is 16.3. The van der Waals surface area contributed by atoms with E-state index in [1.54, 1.807) is 24.3 Å². The maximum atomic E-state index is 12.1. The molecule has 0 spiro atoms. The Balaban J connectivity index is 1.71. The van der Waals surface area contributed by atoms with Crippen LogP contribution in [0.5, 0.6) is 0 Å². The van der Waals surface area contributed by atoms with Gasteiger partial charge in [-0.05, 0) is 24.3 Å². The lowest BCUT2D eigenvalue weighted by Gasteiger charge is -2.04. The number of anilines is 1. The standard InChI is InChI=1S/C13H11N7O3/c1-23-12(22)8-2-4-9(5-3-8)16-11(21)10-17-13(19-18-10)20-6-14-15-7-20/h2-7H,1H3,(H,16,21)(H,17,18,19). The second-order valence-corrected chi connectivity index (χ2v) is 4.38. The van der Waals surface area contributed by atoms with Gasteiger partial charge in [-0.25, -0.2) is 4.79 Å². The summed E-state index contributed by atoms with van der Waals surface area (Å²) in [6.07, 6.45) is 2.83. The highest BCUT2D eigenvalue weighted by Gasteiger charge is 2.13. The molecule has 0 atom stereocenters. The number of aromatic nitrogens is 6. The third kappa shape index (κ3) is 3.05. The first-order valence-electron chi connectivity index (χ1n) is 6.44. The number of ether oxygens (including phenoxy) is 1. The Morgan fingerprint density at radius 3 is 2.52 bits per heavy atom. The van der Waals surface area contributed by atoms with Gasteiger partial charge in [0.15, 0.2) is 0 Å².